The first kappa shape index (κ1) is 13.4. The summed E-state index contributed by atoms with van der Waals surface area (Å²) in [6.07, 6.45) is 3.63. The van der Waals surface area contributed by atoms with E-state index >= 15 is 0 Å². The second-order valence-electron chi connectivity index (χ2n) is 4.09. The molecule has 0 aliphatic heterocycles. The SMILES string of the molecule is CCCn1cncc1C(O)c1ccc(Cl)c(Cl)c1. The minimum atomic E-state index is -0.742. The van der Waals surface area contributed by atoms with Crippen LogP contribution in [-0.4, -0.2) is 14.7 Å². The molecule has 0 spiro atoms. The molecule has 0 fully saturated rings. The third-order valence-electron chi connectivity index (χ3n) is 2.75. The number of aliphatic hydroxyl groups excluding tert-OH is 1. The molecular formula is C13H14Cl2N2O. The van der Waals surface area contributed by atoms with Crippen molar-refractivity contribution in [3.05, 3.63) is 52.0 Å². The summed E-state index contributed by atoms with van der Waals surface area (Å²) in [5, 5.41) is 11.3. The second-order valence-corrected chi connectivity index (χ2v) is 4.90. The van der Waals surface area contributed by atoms with Gasteiger partial charge in [0.2, 0.25) is 0 Å². The number of hydrogen-bond acceptors (Lipinski definition) is 2. The lowest BCUT2D eigenvalue weighted by Gasteiger charge is -2.14. The first-order chi connectivity index (χ1) is 8.63. The fourth-order valence-electron chi connectivity index (χ4n) is 1.84. The molecule has 1 N–H and O–H groups in total. The fraction of sp³-hybridized carbons (Fsp3) is 0.308. The first-order valence-corrected chi connectivity index (χ1v) is 6.52. The van der Waals surface area contributed by atoms with Crippen LogP contribution in [0, 0.1) is 0 Å². The van der Waals surface area contributed by atoms with Crippen molar-refractivity contribution in [3.63, 3.8) is 0 Å². The molecule has 0 amide bonds. The van der Waals surface area contributed by atoms with Crippen LogP contribution in [0.4, 0.5) is 0 Å². The van der Waals surface area contributed by atoms with Gasteiger partial charge >= 0.3 is 0 Å². The number of halogens is 2. The predicted octanol–water partition coefficient (Wildman–Crippen LogP) is 3.68. The molecule has 2 aromatic rings. The zero-order valence-corrected chi connectivity index (χ0v) is 11.5. The third-order valence-corrected chi connectivity index (χ3v) is 3.49. The number of rotatable bonds is 4. The van der Waals surface area contributed by atoms with Crippen LogP contribution < -0.4 is 0 Å². The highest BCUT2D eigenvalue weighted by Crippen LogP contribution is 2.28. The quantitative estimate of drug-likeness (QED) is 0.930. The molecule has 2 rings (SSSR count). The van der Waals surface area contributed by atoms with E-state index in [-0.39, 0.29) is 0 Å². The van der Waals surface area contributed by atoms with Crippen molar-refractivity contribution < 1.29 is 5.11 Å². The summed E-state index contributed by atoms with van der Waals surface area (Å²) in [4.78, 5) is 4.07. The van der Waals surface area contributed by atoms with E-state index in [0.717, 1.165) is 18.7 Å². The van der Waals surface area contributed by atoms with Gasteiger partial charge in [0, 0.05) is 6.54 Å². The summed E-state index contributed by atoms with van der Waals surface area (Å²) in [6, 6.07) is 5.13. The molecule has 0 bridgehead atoms. The Morgan fingerprint density at radius 3 is 2.78 bits per heavy atom. The number of hydrogen-bond donors (Lipinski definition) is 1. The number of nitrogens with zero attached hydrogens (tertiary/aromatic N) is 2. The highest BCUT2D eigenvalue weighted by Gasteiger charge is 2.15. The van der Waals surface area contributed by atoms with Gasteiger partial charge in [-0.25, -0.2) is 4.98 Å². The van der Waals surface area contributed by atoms with E-state index in [0.29, 0.717) is 15.6 Å². The topological polar surface area (TPSA) is 38.0 Å². The minimum Gasteiger partial charge on any atom is -0.382 e. The number of aliphatic hydroxyl groups is 1. The summed E-state index contributed by atoms with van der Waals surface area (Å²) in [6.45, 7) is 2.91. The predicted molar refractivity (Wildman–Crippen MR) is 73.0 cm³/mol. The van der Waals surface area contributed by atoms with E-state index in [1.165, 1.54) is 0 Å². The summed E-state index contributed by atoms with van der Waals surface area (Å²) < 4.78 is 1.94. The molecule has 0 aliphatic rings. The second kappa shape index (κ2) is 5.74. The van der Waals surface area contributed by atoms with Crippen molar-refractivity contribution in [2.45, 2.75) is 26.0 Å². The first-order valence-electron chi connectivity index (χ1n) is 5.76. The van der Waals surface area contributed by atoms with Crippen LogP contribution in [0.1, 0.15) is 30.7 Å². The Kier molecular flexibility index (Phi) is 4.27. The van der Waals surface area contributed by atoms with Gasteiger partial charge in [-0.05, 0) is 24.1 Å². The van der Waals surface area contributed by atoms with Crippen LogP contribution in [0.5, 0.6) is 0 Å². The third kappa shape index (κ3) is 2.69. The van der Waals surface area contributed by atoms with E-state index in [2.05, 4.69) is 11.9 Å². The van der Waals surface area contributed by atoms with Gasteiger partial charge in [-0.2, -0.15) is 0 Å². The molecule has 0 saturated heterocycles. The van der Waals surface area contributed by atoms with Crippen LogP contribution in [0.15, 0.2) is 30.7 Å². The molecule has 18 heavy (non-hydrogen) atoms. The van der Waals surface area contributed by atoms with Crippen LogP contribution in [0.3, 0.4) is 0 Å². The monoisotopic (exact) mass is 284 g/mol. The Hall–Kier alpha value is -1.03. The fourth-order valence-corrected chi connectivity index (χ4v) is 2.15. The highest BCUT2D eigenvalue weighted by atomic mass is 35.5. The van der Waals surface area contributed by atoms with Crippen molar-refractivity contribution in [1.29, 1.82) is 0 Å². The van der Waals surface area contributed by atoms with E-state index < -0.39 is 6.10 Å². The molecule has 1 unspecified atom stereocenters. The summed E-state index contributed by atoms with van der Waals surface area (Å²) in [5.74, 6) is 0. The summed E-state index contributed by atoms with van der Waals surface area (Å²) in [5.41, 5.74) is 1.47. The number of benzene rings is 1. The molecule has 1 aromatic carbocycles. The van der Waals surface area contributed by atoms with Crippen molar-refractivity contribution in [3.8, 4) is 0 Å². The zero-order chi connectivity index (χ0) is 13.1. The molecule has 5 heteroatoms. The minimum absolute atomic E-state index is 0.440. The number of aromatic nitrogens is 2. The van der Waals surface area contributed by atoms with Crippen molar-refractivity contribution in [1.82, 2.24) is 9.55 Å². The van der Waals surface area contributed by atoms with Gasteiger partial charge in [-0.1, -0.05) is 36.2 Å². The van der Waals surface area contributed by atoms with Crippen molar-refractivity contribution in [2.75, 3.05) is 0 Å². The average Bonchev–Trinajstić information content (AvgIpc) is 2.80. The smallest absolute Gasteiger partial charge is 0.121 e. The van der Waals surface area contributed by atoms with E-state index in [9.17, 15) is 5.11 Å². The van der Waals surface area contributed by atoms with Crippen molar-refractivity contribution >= 4 is 23.2 Å². The van der Waals surface area contributed by atoms with Gasteiger partial charge in [0.25, 0.3) is 0 Å². The maximum atomic E-state index is 10.3. The van der Waals surface area contributed by atoms with Crippen LogP contribution in [0.25, 0.3) is 0 Å². The average molecular weight is 285 g/mol. The van der Waals surface area contributed by atoms with Gasteiger partial charge in [-0.15, -0.1) is 0 Å². The standard InChI is InChI=1S/C13H14Cl2N2O/c1-2-5-17-8-16-7-12(17)13(18)9-3-4-10(14)11(15)6-9/h3-4,6-8,13,18H,2,5H2,1H3. The molecule has 0 saturated carbocycles. The van der Waals surface area contributed by atoms with Crippen LogP contribution in [0.2, 0.25) is 10.0 Å². The molecule has 96 valence electrons. The largest absolute Gasteiger partial charge is 0.382 e. The van der Waals surface area contributed by atoms with E-state index in [4.69, 9.17) is 23.2 Å². The maximum absolute atomic E-state index is 10.3. The van der Waals surface area contributed by atoms with Crippen LogP contribution in [-0.2, 0) is 6.54 Å². The Bertz CT molecular complexity index is 540. The van der Waals surface area contributed by atoms with E-state index in [1.54, 1.807) is 30.7 Å². The molecule has 3 nitrogen and oxygen atoms in total. The molecule has 1 atom stereocenters. The molecule has 0 radical (unpaired) electrons. The van der Waals surface area contributed by atoms with E-state index in [1.807, 2.05) is 4.57 Å². The molecule has 1 heterocycles. The van der Waals surface area contributed by atoms with Gasteiger partial charge in [-0.3, -0.25) is 0 Å². The van der Waals surface area contributed by atoms with Gasteiger partial charge in [0.05, 0.1) is 28.3 Å². The van der Waals surface area contributed by atoms with Gasteiger partial charge in [0.15, 0.2) is 0 Å². The normalized spacial score (nSPS) is 12.7. The van der Waals surface area contributed by atoms with Gasteiger partial charge in [0.1, 0.15) is 6.10 Å². The lowest BCUT2D eigenvalue weighted by molar-refractivity contribution is 0.209. The lowest BCUT2D eigenvalue weighted by atomic mass is 10.1. The molecule has 0 aliphatic carbocycles. The Balaban J connectivity index is 2.32. The number of imidazole rings is 1. The highest BCUT2D eigenvalue weighted by molar-refractivity contribution is 6.42. The lowest BCUT2D eigenvalue weighted by Crippen LogP contribution is -2.08. The molecular weight excluding hydrogens is 271 g/mol. The summed E-state index contributed by atoms with van der Waals surface area (Å²) >= 11 is 11.8. The maximum Gasteiger partial charge on any atom is 0.121 e. The molecule has 1 aromatic heterocycles. The Labute approximate surface area is 116 Å². The summed E-state index contributed by atoms with van der Waals surface area (Å²) in [7, 11) is 0. The zero-order valence-electron chi connectivity index (χ0n) is 9.98. The van der Waals surface area contributed by atoms with Crippen molar-refractivity contribution in [2.24, 2.45) is 0 Å². The van der Waals surface area contributed by atoms with Gasteiger partial charge < -0.3 is 9.67 Å². The number of aryl methyl sites for hydroxylation is 1. The Morgan fingerprint density at radius 1 is 1.33 bits per heavy atom. The van der Waals surface area contributed by atoms with Crippen LogP contribution >= 0.6 is 23.2 Å². The Morgan fingerprint density at radius 2 is 2.11 bits per heavy atom.